The number of aliphatic imine (C=N–C) groups is 1. The highest BCUT2D eigenvalue weighted by Crippen LogP contribution is 2.31. The minimum Gasteiger partial charge on any atom is -0.493 e. The summed E-state index contributed by atoms with van der Waals surface area (Å²) in [5, 5.41) is 3.50. The van der Waals surface area contributed by atoms with Crippen molar-refractivity contribution in [2.45, 2.75) is 6.04 Å². The minimum absolute atomic E-state index is 0.0706. The molecule has 2 heterocycles. The lowest BCUT2D eigenvalue weighted by Crippen LogP contribution is -2.54. The first-order valence-electron chi connectivity index (χ1n) is 10.6. The summed E-state index contributed by atoms with van der Waals surface area (Å²) in [6.07, 6.45) is 1.52. The summed E-state index contributed by atoms with van der Waals surface area (Å²) in [5.41, 5.74) is 1.12. The van der Waals surface area contributed by atoms with E-state index in [2.05, 4.69) is 26.2 Å². The molecule has 3 rings (SSSR count). The van der Waals surface area contributed by atoms with E-state index in [9.17, 15) is 4.79 Å². The molecular formula is C23H33N5O4. The summed E-state index contributed by atoms with van der Waals surface area (Å²) in [5.74, 6) is 2.55. The third-order valence-corrected chi connectivity index (χ3v) is 5.68. The molecule has 1 aliphatic rings. The molecular weight excluding hydrogens is 410 g/mol. The van der Waals surface area contributed by atoms with Crippen molar-refractivity contribution in [1.82, 2.24) is 20.0 Å². The molecule has 1 aromatic carbocycles. The van der Waals surface area contributed by atoms with Gasteiger partial charge in [0.05, 0.1) is 26.5 Å². The number of amides is 1. The Morgan fingerprint density at radius 2 is 1.81 bits per heavy atom. The number of ether oxygens (including phenoxy) is 2. The van der Waals surface area contributed by atoms with Crippen molar-refractivity contribution in [3.05, 3.63) is 47.9 Å². The topological polar surface area (TPSA) is 82.8 Å². The maximum absolute atomic E-state index is 12.5. The van der Waals surface area contributed by atoms with Crippen LogP contribution >= 0.6 is 0 Å². The van der Waals surface area contributed by atoms with Gasteiger partial charge >= 0.3 is 0 Å². The Balaban J connectivity index is 1.61. The smallest absolute Gasteiger partial charge is 0.289 e. The highest BCUT2D eigenvalue weighted by atomic mass is 16.5. The number of rotatable bonds is 7. The summed E-state index contributed by atoms with van der Waals surface area (Å²) in [6.45, 7) is 3.31. The van der Waals surface area contributed by atoms with Gasteiger partial charge in [0.1, 0.15) is 0 Å². The van der Waals surface area contributed by atoms with E-state index in [1.54, 1.807) is 33.4 Å². The Kier molecular flexibility index (Phi) is 7.99. The van der Waals surface area contributed by atoms with Crippen molar-refractivity contribution >= 4 is 11.9 Å². The van der Waals surface area contributed by atoms with E-state index < -0.39 is 0 Å². The number of likely N-dealkylation sites (N-methyl/N-ethyl adjacent to an activating group) is 1. The van der Waals surface area contributed by atoms with Gasteiger partial charge in [0, 0.05) is 39.8 Å². The summed E-state index contributed by atoms with van der Waals surface area (Å²) in [7, 11) is 9.15. The average molecular weight is 444 g/mol. The summed E-state index contributed by atoms with van der Waals surface area (Å²) >= 11 is 0. The first-order valence-corrected chi connectivity index (χ1v) is 10.6. The quantitative estimate of drug-likeness (QED) is 0.517. The number of guanidine groups is 1. The van der Waals surface area contributed by atoms with E-state index in [1.165, 1.54) is 6.26 Å². The molecule has 1 atom stereocenters. The molecule has 32 heavy (non-hydrogen) atoms. The lowest BCUT2D eigenvalue weighted by Gasteiger charge is -2.37. The minimum atomic E-state index is -0.0706. The fourth-order valence-corrected chi connectivity index (χ4v) is 3.86. The zero-order valence-corrected chi connectivity index (χ0v) is 19.5. The number of nitrogens with zero attached hydrogens (tertiary/aromatic N) is 4. The molecule has 9 heteroatoms. The van der Waals surface area contributed by atoms with Crippen molar-refractivity contribution in [1.29, 1.82) is 0 Å². The molecule has 1 N–H and O–H groups in total. The molecule has 1 aliphatic heterocycles. The van der Waals surface area contributed by atoms with Crippen molar-refractivity contribution in [3.63, 3.8) is 0 Å². The van der Waals surface area contributed by atoms with Gasteiger partial charge in [0.2, 0.25) is 0 Å². The van der Waals surface area contributed by atoms with Gasteiger partial charge in [0.25, 0.3) is 5.91 Å². The number of carbonyl (C=O) groups excluding carboxylic acids is 1. The van der Waals surface area contributed by atoms with Gasteiger partial charge in [-0.05, 0) is 43.9 Å². The number of piperazine rings is 1. The van der Waals surface area contributed by atoms with Crippen molar-refractivity contribution in [2.75, 3.05) is 68.1 Å². The maximum atomic E-state index is 12.5. The van der Waals surface area contributed by atoms with Crippen LogP contribution in [0.5, 0.6) is 11.5 Å². The molecule has 0 radical (unpaired) electrons. The molecule has 0 aliphatic carbocycles. The molecule has 174 valence electrons. The van der Waals surface area contributed by atoms with Crippen LogP contribution in [0.4, 0.5) is 0 Å². The van der Waals surface area contributed by atoms with E-state index in [4.69, 9.17) is 13.9 Å². The van der Waals surface area contributed by atoms with Gasteiger partial charge in [-0.1, -0.05) is 6.07 Å². The van der Waals surface area contributed by atoms with E-state index >= 15 is 0 Å². The predicted molar refractivity (Wildman–Crippen MR) is 124 cm³/mol. The molecule has 1 unspecified atom stereocenters. The SMILES string of the molecule is CN=C(NCC(c1ccc(OC)c(OC)c1)N(C)C)N1CCN(C(=O)c2ccco2)CC1. The van der Waals surface area contributed by atoms with Gasteiger partial charge in [-0.2, -0.15) is 0 Å². The summed E-state index contributed by atoms with van der Waals surface area (Å²) in [4.78, 5) is 23.1. The number of benzene rings is 1. The standard InChI is InChI=1S/C23H33N5O4/c1-24-23(28-12-10-27(11-13-28)22(29)20-7-6-14-32-20)25-16-18(26(2)3)17-8-9-19(30-4)21(15-17)31-5/h6-9,14-15,18H,10-13,16H2,1-5H3,(H,24,25). The lowest BCUT2D eigenvalue weighted by molar-refractivity contribution is 0.0657. The van der Waals surface area contributed by atoms with E-state index in [0.29, 0.717) is 50.0 Å². The van der Waals surface area contributed by atoms with Crippen LogP contribution in [-0.4, -0.2) is 94.7 Å². The van der Waals surface area contributed by atoms with Crippen LogP contribution < -0.4 is 14.8 Å². The second kappa shape index (κ2) is 10.9. The van der Waals surface area contributed by atoms with Gasteiger partial charge in [-0.3, -0.25) is 9.79 Å². The van der Waals surface area contributed by atoms with Crippen LogP contribution in [0.25, 0.3) is 0 Å². The molecule has 0 saturated carbocycles. The number of furan rings is 1. The molecule has 0 spiro atoms. The number of methoxy groups -OCH3 is 2. The first-order chi connectivity index (χ1) is 15.5. The monoisotopic (exact) mass is 443 g/mol. The zero-order chi connectivity index (χ0) is 23.1. The maximum Gasteiger partial charge on any atom is 0.289 e. The number of hydrogen-bond acceptors (Lipinski definition) is 6. The lowest BCUT2D eigenvalue weighted by atomic mass is 10.1. The van der Waals surface area contributed by atoms with E-state index in [1.807, 2.05) is 31.1 Å². The predicted octanol–water partition coefficient (Wildman–Crippen LogP) is 1.93. The fraction of sp³-hybridized carbons (Fsp3) is 0.478. The number of hydrogen-bond donors (Lipinski definition) is 1. The summed E-state index contributed by atoms with van der Waals surface area (Å²) in [6, 6.07) is 9.52. The normalized spacial score (nSPS) is 15.6. The molecule has 1 amide bonds. The van der Waals surface area contributed by atoms with E-state index in [0.717, 1.165) is 11.5 Å². The van der Waals surface area contributed by atoms with Gasteiger partial charge in [-0.15, -0.1) is 0 Å². The van der Waals surface area contributed by atoms with Crippen LogP contribution in [-0.2, 0) is 0 Å². The number of carbonyl (C=O) groups is 1. The van der Waals surface area contributed by atoms with Crippen molar-refractivity contribution in [3.8, 4) is 11.5 Å². The highest BCUT2D eigenvalue weighted by Gasteiger charge is 2.26. The third-order valence-electron chi connectivity index (χ3n) is 5.68. The van der Waals surface area contributed by atoms with Crippen LogP contribution in [0.1, 0.15) is 22.2 Å². The molecule has 9 nitrogen and oxygen atoms in total. The summed E-state index contributed by atoms with van der Waals surface area (Å²) < 4.78 is 16.1. The Bertz CT molecular complexity index is 905. The Morgan fingerprint density at radius 1 is 1.12 bits per heavy atom. The van der Waals surface area contributed by atoms with Crippen LogP contribution in [0.2, 0.25) is 0 Å². The third kappa shape index (κ3) is 5.34. The van der Waals surface area contributed by atoms with E-state index in [-0.39, 0.29) is 11.9 Å². The molecule has 1 fully saturated rings. The van der Waals surface area contributed by atoms with Crippen molar-refractivity contribution in [2.24, 2.45) is 4.99 Å². The Labute approximate surface area is 189 Å². The Morgan fingerprint density at radius 3 is 2.38 bits per heavy atom. The Hall–Kier alpha value is -3.20. The number of nitrogens with one attached hydrogen (secondary N) is 1. The second-order valence-corrected chi connectivity index (χ2v) is 7.78. The molecule has 1 saturated heterocycles. The van der Waals surface area contributed by atoms with Crippen molar-refractivity contribution < 1.29 is 18.7 Å². The van der Waals surface area contributed by atoms with Crippen LogP contribution in [0.15, 0.2) is 46.0 Å². The largest absolute Gasteiger partial charge is 0.493 e. The fourth-order valence-electron chi connectivity index (χ4n) is 3.86. The van der Waals surface area contributed by atoms with Crippen LogP contribution in [0.3, 0.4) is 0 Å². The van der Waals surface area contributed by atoms with Gasteiger partial charge < -0.3 is 33.9 Å². The average Bonchev–Trinajstić information content (AvgIpc) is 3.36. The molecule has 0 bridgehead atoms. The second-order valence-electron chi connectivity index (χ2n) is 7.78. The first kappa shape index (κ1) is 23.5. The van der Waals surface area contributed by atoms with Gasteiger partial charge in [0.15, 0.2) is 23.2 Å². The van der Waals surface area contributed by atoms with Gasteiger partial charge in [-0.25, -0.2) is 0 Å². The van der Waals surface area contributed by atoms with Crippen LogP contribution in [0, 0.1) is 0 Å². The molecule has 2 aromatic rings. The zero-order valence-electron chi connectivity index (χ0n) is 19.5. The molecule has 1 aromatic heterocycles. The highest BCUT2D eigenvalue weighted by molar-refractivity contribution is 5.91.